The van der Waals surface area contributed by atoms with Crippen molar-refractivity contribution in [3.8, 4) is 0 Å². The van der Waals surface area contributed by atoms with Crippen molar-refractivity contribution in [2.45, 2.75) is 32.6 Å². The van der Waals surface area contributed by atoms with Gasteiger partial charge in [-0.05, 0) is 44.2 Å². The SMILES string of the molecule is CCOC(=O)c1c(NC(=O)c2ccccc2C(=O)c2ccccc2)sc2c1CCCC2. The van der Waals surface area contributed by atoms with Gasteiger partial charge >= 0.3 is 5.97 Å². The monoisotopic (exact) mass is 433 g/mol. The highest BCUT2D eigenvalue weighted by Gasteiger charge is 2.28. The lowest BCUT2D eigenvalue weighted by Crippen LogP contribution is -2.18. The average Bonchev–Trinajstić information content (AvgIpc) is 3.17. The van der Waals surface area contributed by atoms with Gasteiger partial charge in [-0.2, -0.15) is 0 Å². The first-order valence-electron chi connectivity index (χ1n) is 10.4. The maximum atomic E-state index is 13.2. The van der Waals surface area contributed by atoms with Crippen LogP contribution in [0.2, 0.25) is 0 Å². The lowest BCUT2D eigenvalue weighted by atomic mass is 9.95. The Labute approximate surface area is 185 Å². The number of esters is 1. The zero-order valence-corrected chi connectivity index (χ0v) is 18.1. The van der Waals surface area contributed by atoms with Crippen LogP contribution in [0.25, 0.3) is 0 Å². The average molecular weight is 434 g/mol. The first-order valence-corrected chi connectivity index (χ1v) is 11.2. The van der Waals surface area contributed by atoms with E-state index >= 15 is 0 Å². The summed E-state index contributed by atoms with van der Waals surface area (Å²) in [6.07, 6.45) is 3.78. The van der Waals surface area contributed by atoms with Crippen molar-refractivity contribution in [2.75, 3.05) is 11.9 Å². The number of aryl methyl sites for hydroxylation is 1. The molecule has 1 N–H and O–H groups in total. The maximum Gasteiger partial charge on any atom is 0.341 e. The van der Waals surface area contributed by atoms with Crippen LogP contribution < -0.4 is 5.32 Å². The van der Waals surface area contributed by atoms with E-state index in [1.54, 1.807) is 55.5 Å². The predicted octanol–water partition coefficient (Wildman–Crippen LogP) is 5.29. The molecular weight excluding hydrogens is 410 g/mol. The molecule has 1 aliphatic carbocycles. The summed E-state index contributed by atoms with van der Waals surface area (Å²) in [6, 6.07) is 15.6. The van der Waals surface area contributed by atoms with E-state index in [2.05, 4.69) is 5.32 Å². The Morgan fingerprint density at radius 2 is 1.61 bits per heavy atom. The number of ether oxygens (including phenoxy) is 1. The number of benzene rings is 2. The van der Waals surface area contributed by atoms with Gasteiger partial charge in [0.05, 0.1) is 17.7 Å². The van der Waals surface area contributed by atoms with Crippen molar-refractivity contribution in [3.05, 3.63) is 87.3 Å². The third kappa shape index (κ3) is 4.30. The van der Waals surface area contributed by atoms with E-state index < -0.39 is 11.9 Å². The molecule has 0 bridgehead atoms. The maximum absolute atomic E-state index is 13.2. The van der Waals surface area contributed by atoms with Crippen molar-refractivity contribution in [1.29, 1.82) is 0 Å². The van der Waals surface area contributed by atoms with Crippen LogP contribution in [0.3, 0.4) is 0 Å². The van der Waals surface area contributed by atoms with E-state index in [1.807, 2.05) is 6.07 Å². The fourth-order valence-corrected chi connectivity index (χ4v) is 5.14. The number of thiophene rings is 1. The largest absolute Gasteiger partial charge is 0.462 e. The highest BCUT2D eigenvalue weighted by molar-refractivity contribution is 7.17. The van der Waals surface area contributed by atoms with Crippen LogP contribution in [-0.2, 0) is 17.6 Å². The van der Waals surface area contributed by atoms with Crippen molar-refractivity contribution in [3.63, 3.8) is 0 Å². The van der Waals surface area contributed by atoms with E-state index in [9.17, 15) is 14.4 Å². The van der Waals surface area contributed by atoms with Crippen LogP contribution in [0.15, 0.2) is 54.6 Å². The lowest BCUT2D eigenvalue weighted by molar-refractivity contribution is 0.0526. The molecule has 1 heterocycles. The zero-order chi connectivity index (χ0) is 21.8. The summed E-state index contributed by atoms with van der Waals surface area (Å²) in [5.41, 5.74) is 2.56. The topological polar surface area (TPSA) is 72.5 Å². The van der Waals surface area contributed by atoms with E-state index in [1.165, 1.54) is 11.3 Å². The Morgan fingerprint density at radius 3 is 2.35 bits per heavy atom. The van der Waals surface area contributed by atoms with E-state index in [0.29, 0.717) is 21.7 Å². The molecule has 0 unspecified atom stereocenters. The summed E-state index contributed by atoms with van der Waals surface area (Å²) in [7, 11) is 0. The Bertz CT molecular complexity index is 1130. The molecule has 5 nitrogen and oxygen atoms in total. The van der Waals surface area contributed by atoms with Crippen LogP contribution in [-0.4, -0.2) is 24.3 Å². The molecule has 0 aliphatic heterocycles. The van der Waals surface area contributed by atoms with Crippen LogP contribution >= 0.6 is 11.3 Å². The number of rotatable bonds is 6. The number of nitrogens with one attached hydrogen (secondary N) is 1. The van der Waals surface area contributed by atoms with Crippen molar-refractivity contribution >= 4 is 34.0 Å². The molecule has 3 aromatic rings. The van der Waals surface area contributed by atoms with Gasteiger partial charge in [-0.25, -0.2) is 4.79 Å². The summed E-state index contributed by atoms with van der Waals surface area (Å²) < 4.78 is 5.26. The summed E-state index contributed by atoms with van der Waals surface area (Å²) in [5, 5.41) is 3.39. The fraction of sp³-hybridized carbons (Fsp3) is 0.240. The quantitative estimate of drug-likeness (QED) is 0.424. The van der Waals surface area contributed by atoms with Crippen LogP contribution in [0, 0.1) is 0 Å². The smallest absolute Gasteiger partial charge is 0.341 e. The number of anilines is 1. The Morgan fingerprint density at radius 1 is 0.935 bits per heavy atom. The minimum atomic E-state index is -0.413. The van der Waals surface area contributed by atoms with Gasteiger partial charge in [0.25, 0.3) is 5.91 Å². The summed E-state index contributed by atoms with van der Waals surface area (Å²) in [6.45, 7) is 2.03. The number of carbonyl (C=O) groups excluding carboxylic acids is 3. The second kappa shape index (κ2) is 9.27. The minimum absolute atomic E-state index is 0.220. The first-order chi connectivity index (χ1) is 15.1. The molecule has 0 atom stereocenters. The van der Waals surface area contributed by atoms with Gasteiger partial charge in [-0.3, -0.25) is 9.59 Å². The van der Waals surface area contributed by atoms with Gasteiger partial charge in [0.1, 0.15) is 5.00 Å². The summed E-state index contributed by atoms with van der Waals surface area (Å²) in [5.74, 6) is -1.04. The Balaban J connectivity index is 1.68. The molecule has 1 aromatic heterocycles. The molecule has 31 heavy (non-hydrogen) atoms. The molecule has 0 saturated heterocycles. The van der Waals surface area contributed by atoms with E-state index in [-0.39, 0.29) is 18.0 Å². The van der Waals surface area contributed by atoms with E-state index in [0.717, 1.165) is 36.1 Å². The standard InChI is InChI=1S/C25H23NO4S/c1-2-30-25(29)21-19-14-8-9-15-20(19)31-24(21)26-23(28)18-13-7-6-12-17(18)22(27)16-10-4-3-5-11-16/h3-7,10-13H,2,8-9,14-15H2,1H3,(H,26,28). The second-order valence-electron chi connectivity index (χ2n) is 7.33. The van der Waals surface area contributed by atoms with Crippen LogP contribution in [0.1, 0.15) is 66.8 Å². The molecule has 0 spiro atoms. The normalized spacial score (nSPS) is 12.7. The van der Waals surface area contributed by atoms with Gasteiger partial charge in [0, 0.05) is 16.0 Å². The summed E-state index contributed by atoms with van der Waals surface area (Å²) >= 11 is 1.43. The number of fused-ring (bicyclic) bond motifs is 1. The van der Waals surface area contributed by atoms with Gasteiger partial charge in [0.2, 0.25) is 0 Å². The predicted molar refractivity (Wildman–Crippen MR) is 121 cm³/mol. The van der Waals surface area contributed by atoms with Crippen LogP contribution in [0.5, 0.6) is 0 Å². The molecule has 0 radical (unpaired) electrons. The molecule has 0 saturated carbocycles. The summed E-state index contributed by atoms with van der Waals surface area (Å²) in [4.78, 5) is 40.0. The zero-order valence-electron chi connectivity index (χ0n) is 17.3. The molecule has 2 aromatic carbocycles. The molecular formula is C25H23NO4S. The van der Waals surface area contributed by atoms with Gasteiger partial charge in [0.15, 0.2) is 5.78 Å². The van der Waals surface area contributed by atoms with Crippen molar-refractivity contribution in [1.82, 2.24) is 0 Å². The van der Waals surface area contributed by atoms with E-state index in [4.69, 9.17) is 4.74 Å². The van der Waals surface area contributed by atoms with Crippen molar-refractivity contribution < 1.29 is 19.1 Å². The van der Waals surface area contributed by atoms with Crippen LogP contribution in [0.4, 0.5) is 5.00 Å². The molecule has 1 aliphatic rings. The molecule has 4 rings (SSSR count). The second-order valence-corrected chi connectivity index (χ2v) is 8.44. The number of carbonyl (C=O) groups is 3. The molecule has 158 valence electrons. The minimum Gasteiger partial charge on any atom is -0.462 e. The molecule has 6 heteroatoms. The van der Waals surface area contributed by atoms with Gasteiger partial charge < -0.3 is 10.1 Å². The Hall–Kier alpha value is -3.25. The number of ketones is 1. The first kappa shape index (κ1) is 21.0. The lowest BCUT2D eigenvalue weighted by Gasteiger charge is -2.12. The third-order valence-electron chi connectivity index (χ3n) is 5.33. The highest BCUT2D eigenvalue weighted by atomic mass is 32.1. The van der Waals surface area contributed by atoms with Gasteiger partial charge in [-0.15, -0.1) is 11.3 Å². The molecule has 0 fully saturated rings. The third-order valence-corrected chi connectivity index (χ3v) is 6.54. The fourth-order valence-electron chi connectivity index (χ4n) is 3.87. The number of amides is 1. The Kier molecular flexibility index (Phi) is 6.28. The highest BCUT2D eigenvalue weighted by Crippen LogP contribution is 2.39. The number of hydrogen-bond donors (Lipinski definition) is 1. The van der Waals surface area contributed by atoms with Gasteiger partial charge in [-0.1, -0.05) is 48.5 Å². The molecule has 1 amide bonds. The van der Waals surface area contributed by atoms with Crippen molar-refractivity contribution in [2.24, 2.45) is 0 Å². The number of hydrogen-bond acceptors (Lipinski definition) is 5.